The molecule has 180 valence electrons. The number of aromatic nitrogens is 3. The van der Waals surface area contributed by atoms with Crippen molar-refractivity contribution in [3.05, 3.63) is 30.2 Å². The van der Waals surface area contributed by atoms with Crippen LogP contribution in [0.25, 0.3) is 5.65 Å². The summed E-state index contributed by atoms with van der Waals surface area (Å²) >= 11 is 0. The normalized spacial score (nSPS) is 17.2. The molecule has 3 rings (SSSR count). The lowest BCUT2D eigenvalue weighted by molar-refractivity contribution is -0.146. The second-order valence-corrected chi connectivity index (χ2v) is 7.93. The van der Waals surface area contributed by atoms with Gasteiger partial charge in [-0.2, -0.15) is 13.2 Å². The Balaban J connectivity index is 0.00000363. The molecular weight excluding hydrogens is 534 g/mol. The molecule has 0 spiro atoms. The van der Waals surface area contributed by atoms with Crippen LogP contribution in [-0.4, -0.2) is 82.3 Å². The molecule has 1 aliphatic heterocycles. The van der Waals surface area contributed by atoms with Crippen LogP contribution in [0.2, 0.25) is 0 Å². The van der Waals surface area contributed by atoms with E-state index in [4.69, 9.17) is 4.99 Å². The molecule has 7 nitrogen and oxygen atoms in total. The predicted octanol–water partition coefficient (Wildman–Crippen LogP) is 3.45. The summed E-state index contributed by atoms with van der Waals surface area (Å²) in [6.07, 6.45) is 0.308. The molecule has 2 aromatic heterocycles. The lowest BCUT2D eigenvalue weighted by atomic mass is 10.1. The Morgan fingerprint density at radius 3 is 2.81 bits per heavy atom. The molecule has 1 N–H and O–H groups in total. The van der Waals surface area contributed by atoms with Crippen molar-refractivity contribution >= 4 is 35.6 Å². The average molecular weight is 567 g/mol. The summed E-state index contributed by atoms with van der Waals surface area (Å²) in [6.45, 7) is 6.78. The molecule has 2 aromatic rings. The minimum Gasteiger partial charge on any atom is -0.357 e. The van der Waals surface area contributed by atoms with Crippen molar-refractivity contribution in [3.63, 3.8) is 0 Å². The number of hydrogen-bond donors (Lipinski definition) is 1. The number of rotatable bonds is 9. The van der Waals surface area contributed by atoms with Crippen molar-refractivity contribution in [1.82, 2.24) is 29.7 Å². The van der Waals surface area contributed by atoms with E-state index in [9.17, 15) is 13.2 Å². The Kier molecular flexibility index (Phi) is 10.5. The van der Waals surface area contributed by atoms with Gasteiger partial charge >= 0.3 is 6.18 Å². The van der Waals surface area contributed by atoms with Gasteiger partial charge in [0.25, 0.3) is 0 Å². The first-order chi connectivity index (χ1) is 14.9. The highest BCUT2D eigenvalue weighted by atomic mass is 127. The fraction of sp³-hybridized carbons (Fsp3) is 0.667. The van der Waals surface area contributed by atoms with E-state index in [2.05, 4.69) is 20.4 Å². The SMILES string of the molecule is CCNC(=NCCCc1nnc2ccccn12)N1CCC(CN(CC)CC(F)(F)F)C1.I. The van der Waals surface area contributed by atoms with Crippen molar-refractivity contribution in [1.29, 1.82) is 0 Å². The number of nitrogens with zero attached hydrogens (tertiary/aromatic N) is 6. The maximum atomic E-state index is 12.7. The minimum absolute atomic E-state index is 0. The van der Waals surface area contributed by atoms with Gasteiger partial charge in [-0.05, 0) is 44.4 Å². The van der Waals surface area contributed by atoms with E-state index in [1.807, 2.05) is 35.7 Å². The van der Waals surface area contributed by atoms with E-state index >= 15 is 0 Å². The first-order valence-electron chi connectivity index (χ1n) is 11.0. The topological polar surface area (TPSA) is 61.1 Å². The molecule has 11 heteroatoms. The predicted molar refractivity (Wildman–Crippen MR) is 131 cm³/mol. The highest BCUT2D eigenvalue weighted by Gasteiger charge is 2.33. The third-order valence-corrected chi connectivity index (χ3v) is 5.49. The standard InChI is InChI=1S/C21H32F3N7.HI/c1-3-25-20(26-11-7-9-19-28-27-18-8-5-6-12-31(18)19)30-13-10-17(15-30)14-29(4-2)16-21(22,23)24;/h5-6,8,12,17H,3-4,7,9-11,13-16H2,1-2H3,(H,25,26);1H. The molecule has 0 bridgehead atoms. The van der Waals surface area contributed by atoms with Gasteiger partial charge in [-0.15, -0.1) is 34.2 Å². The van der Waals surface area contributed by atoms with Crippen LogP contribution in [0.15, 0.2) is 29.4 Å². The van der Waals surface area contributed by atoms with Crippen LogP contribution < -0.4 is 5.32 Å². The van der Waals surface area contributed by atoms with Gasteiger partial charge in [-0.3, -0.25) is 14.3 Å². The lowest BCUT2D eigenvalue weighted by Gasteiger charge is -2.26. The Labute approximate surface area is 204 Å². The summed E-state index contributed by atoms with van der Waals surface area (Å²) in [5.41, 5.74) is 0.837. The van der Waals surface area contributed by atoms with Gasteiger partial charge in [0.2, 0.25) is 0 Å². The van der Waals surface area contributed by atoms with Crippen LogP contribution in [-0.2, 0) is 6.42 Å². The first-order valence-corrected chi connectivity index (χ1v) is 11.0. The monoisotopic (exact) mass is 567 g/mol. The largest absolute Gasteiger partial charge is 0.401 e. The highest BCUT2D eigenvalue weighted by Crippen LogP contribution is 2.21. The third kappa shape index (κ3) is 7.75. The number of halogens is 4. The fourth-order valence-corrected chi connectivity index (χ4v) is 4.01. The first kappa shape index (κ1) is 26.6. The number of alkyl halides is 3. The van der Waals surface area contributed by atoms with Gasteiger partial charge in [0.05, 0.1) is 6.54 Å². The molecule has 0 saturated carbocycles. The highest BCUT2D eigenvalue weighted by molar-refractivity contribution is 14.0. The number of pyridine rings is 1. The summed E-state index contributed by atoms with van der Waals surface area (Å²) in [4.78, 5) is 8.40. The van der Waals surface area contributed by atoms with Crippen LogP contribution in [0.1, 0.15) is 32.5 Å². The number of aryl methyl sites for hydroxylation is 1. The van der Waals surface area contributed by atoms with Crippen LogP contribution >= 0.6 is 24.0 Å². The quantitative estimate of drug-likeness (QED) is 0.218. The van der Waals surface area contributed by atoms with Crippen molar-refractivity contribution in [2.24, 2.45) is 10.9 Å². The summed E-state index contributed by atoms with van der Waals surface area (Å²) in [5.74, 6) is 1.98. The van der Waals surface area contributed by atoms with Crippen LogP contribution in [0, 0.1) is 5.92 Å². The van der Waals surface area contributed by atoms with E-state index in [0.717, 1.165) is 56.3 Å². The molecule has 1 aliphatic rings. The average Bonchev–Trinajstić information content (AvgIpc) is 3.36. The molecule has 1 unspecified atom stereocenters. The van der Waals surface area contributed by atoms with Crippen molar-refractivity contribution in [2.75, 3.05) is 45.8 Å². The summed E-state index contributed by atoms with van der Waals surface area (Å²) in [5, 5.41) is 11.7. The van der Waals surface area contributed by atoms with Gasteiger partial charge in [0.15, 0.2) is 11.6 Å². The molecule has 0 radical (unpaired) electrons. The Bertz CT molecular complexity index is 855. The van der Waals surface area contributed by atoms with Gasteiger partial charge in [0.1, 0.15) is 5.82 Å². The van der Waals surface area contributed by atoms with Crippen LogP contribution in [0.5, 0.6) is 0 Å². The Morgan fingerprint density at radius 1 is 1.28 bits per heavy atom. The summed E-state index contributed by atoms with van der Waals surface area (Å²) in [7, 11) is 0. The molecule has 3 heterocycles. The maximum absolute atomic E-state index is 12.7. The lowest BCUT2D eigenvalue weighted by Crippen LogP contribution is -2.42. The minimum atomic E-state index is -4.15. The molecule has 1 atom stereocenters. The zero-order valence-electron chi connectivity index (χ0n) is 18.7. The van der Waals surface area contributed by atoms with Gasteiger partial charge in [-0.25, -0.2) is 0 Å². The number of likely N-dealkylation sites (tertiary alicyclic amines) is 1. The smallest absolute Gasteiger partial charge is 0.357 e. The van der Waals surface area contributed by atoms with E-state index in [0.29, 0.717) is 19.6 Å². The van der Waals surface area contributed by atoms with Gasteiger partial charge in [0, 0.05) is 45.3 Å². The number of hydrogen-bond acceptors (Lipinski definition) is 4. The molecule has 0 aromatic carbocycles. The molecular formula is C21H33F3IN7. The maximum Gasteiger partial charge on any atom is 0.401 e. The summed E-state index contributed by atoms with van der Waals surface area (Å²) < 4.78 is 40.2. The molecule has 32 heavy (non-hydrogen) atoms. The fourth-order valence-electron chi connectivity index (χ4n) is 4.01. The summed E-state index contributed by atoms with van der Waals surface area (Å²) in [6, 6.07) is 5.82. The molecule has 1 saturated heterocycles. The van der Waals surface area contributed by atoms with Gasteiger partial charge in [-0.1, -0.05) is 13.0 Å². The zero-order chi connectivity index (χ0) is 22.3. The second kappa shape index (κ2) is 12.6. The second-order valence-electron chi connectivity index (χ2n) is 7.93. The number of nitrogens with one attached hydrogen (secondary N) is 1. The van der Waals surface area contributed by atoms with E-state index in [1.54, 1.807) is 6.92 Å². The number of aliphatic imine (C=N–C) groups is 1. The van der Waals surface area contributed by atoms with Crippen molar-refractivity contribution in [2.45, 2.75) is 39.3 Å². The molecule has 1 fully saturated rings. The Morgan fingerprint density at radius 2 is 2.09 bits per heavy atom. The van der Waals surface area contributed by atoms with Gasteiger partial charge < -0.3 is 10.2 Å². The number of guanidine groups is 1. The molecule has 0 aliphatic carbocycles. The number of fused-ring (bicyclic) bond motifs is 1. The van der Waals surface area contributed by atoms with Crippen molar-refractivity contribution in [3.8, 4) is 0 Å². The Hall–Kier alpha value is -1.63. The van der Waals surface area contributed by atoms with E-state index in [-0.39, 0.29) is 29.9 Å². The van der Waals surface area contributed by atoms with Crippen LogP contribution in [0.3, 0.4) is 0 Å². The third-order valence-electron chi connectivity index (χ3n) is 5.49. The zero-order valence-corrected chi connectivity index (χ0v) is 21.0. The van der Waals surface area contributed by atoms with Crippen molar-refractivity contribution < 1.29 is 13.2 Å². The van der Waals surface area contributed by atoms with E-state index in [1.165, 1.54) is 4.90 Å². The molecule has 0 amide bonds. The van der Waals surface area contributed by atoms with Crippen LogP contribution in [0.4, 0.5) is 13.2 Å². The van der Waals surface area contributed by atoms with E-state index < -0.39 is 12.7 Å².